The largest absolute Gasteiger partial charge is 0.479 e. The zero-order valence-electron chi connectivity index (χ0n) is 18.1. The van der Waals surface area contributed by atoms with Crippen LogP contribution in [0.1, 0.15) is 6.92 Å². The van der Waals surface area contributed by atoms with Gasteiger partial charge in [-0.2, -0.15) is 0 Å². The molecule has 0 bridgehead atoms. The van der Waals surface area contributed by atoms with E-state index in [4.69, 9.17) is 4.74 Å². The third-order valence-electron chi connectivity index (χ3n) is 5.34. The summed E-state index contributed by atoms with van der Waals surface area (Å²) in [6.07, 6.45) is 1.86. The van der Waals surface area contributed by atoms with Gasteiger partial charge in [0.1, 0.15) is 5.56 Å². The van der Waals surface area contributed by atoms with Crippen molar-refractivity contribution in [2.45, 2.75) is 18.6 Å². The second-order valence-electron chi connectivity index (χ2n) is 7.27. The van der Waals surface area contributed by atoms with Gasteiger partial charge in [0.05, 0.1) is 12.9 Å². The second-order valence-corrected chi connectivity index (χ2v) is 8.21. The number of aromatic nitrogens is 5. The van der Waals surface area contributed by atoms with E-state index < -0.39 is 0 Å². The van der Waals surface area contributed by atoms with Gasteiger partial charge in [0, 0.05) is 51.7 Å². The van der Waals surface area contributed by atoms with Crippen LogP contribution in [0.15, 0.2) is 41.7 Å². The molecule has 2 aromatic heterocycles. The lowest BCUT2D eigenvalue weighted by molar-refractivity contribution is -0.128. The van der Waals surface area contributed by atoms with E-state index in [1.165, 1.54) is 17.4 Å². The Kier molecular flexibility index (Phi) is 6.45. The molecule has 1 aromatic carbocycles. The average molecular weight is 442 g/mol. The van der Waals surface area contributed by atoms with E-state index in [-0.39, 0.29) is 5.91 Å². The summed E-state index contributed by atoms with van der Waals surface area (Å²) in [6, 6.07) is 10.3. The molecule has 4 rings (SSSR count). The average Bonchev–Trinajstić information content (AvgIpc) is 3.40. The summed E-state index contributed by atoms with van der Waals surface area (Å²) in [4.78, 5) is 17.0. The lowest BCUT2D eigenvalue weighted by Gasteiger charge is -2.36. The Labute approximate surface area is 186 Å². The maximum atomic E-state index is 12.8. The van der Waals surface area contributed by atoms with Crippen molar-refractivity contribution >= 4 is 23.4 Å². The van der Waals surface area contributed by atoms with E-state index in [0.717, 1.165) is 36.9 Å². The van der Waals surface area contributed by atoms with E-state index in [1.54, 1.807) is 11.8 Å². The minimum absolute atomic E-state index is 0.129. The number of ether oxygens (including phenoxy) is 1. The summed E-state index contributed by atoms with van der Waals surface area (Å²) in [5, 5.41) is 13.7. The molecule has 0 N–H and O–H groups in total. The predicted molar refractivity (Wildman–Crippen MR) is 120 cm³/mol. The van der Waals surface area contributed by atoms with Gasteiger partial charge in [-0.1, -0.05) is 30.0 Å². The molecule has 31 heavy (non-hydrogen) atoms. The van der Waals surface area contributed by atoms with Crippen molar-refractivity contribution in [1.29, 1.82) is 0 Å². The monoisotopic (exact) mass is 441 g/mol. The molecule has 0 saturated carbocycles. The van der Waals surface area contributed by atoms with Crippen molar-refractivity contribution in [1.82, 2.24) is 29.4 Å². The van der Waals surface area contributed by atoms with E-state index in [9.17, 15) is 4.79 Å². The van der Waals surface area contributed by atoms with Crippen molar-refractivity contribution in [3.05, 3.63) is 36.5 Å². The number of rotatable bonds is 7. The van der Waals surface area contributed by atoms with Crippen molar-refractivity contribution < 1.29 is 9.53 Å². The number of hydrogen-bond acceptors (Lipinski definition) is 7. The SMILES string of the molecule is CCn1c(SCC(=O)N2CCN(c3ccccc3)CC2)nnc1-c1cn(C)nc1OC. The van der Waals surface area contributed by atoms with Gasteiger partial charge in [-0.15, -0.1) is 15.3 Å². The topological polar surface area (TPSA) is 81.3 Å². The van der Waals surface area contributed by atoms with Gasteiger partial charge in [0.25, 0.3) is 0 Å². The van der Waals surface area contributed by atoms with Crippen molar-refractivity contribution in [2.75, 3.05) is 43.9 Å². The minimum Gasteiger partial charge on any atom is -0.479 e. The summed E-state index contributed by atoms with van der Waals surface area (Å²) >= 11 is 1.42. The lowest BCUT2D eigenvalue weighted by atomic mass is 10.2. The molecule has 3 aromatic rings. The summed E-state index contributed by atoms with van der Waals surface area (Å²) in [6.45, 7) is 5.86. The third-order valence-corrected chi connectivity index (χ3v) is 6.29. The van der Waals surface area contributed by atoms with Gasteiger partial charge in [0.15, 0.2) is 11.0 Å². The van der Waals surface area contributed by atoms with Gasteiger partial charge in [-0.05, 0) is 19.1 Å². The van der Waals surface area contributed by atoms with Crippen LogP contribution in [0.2, 0.25) is 0 Å². The smallest absolute Gasteiger partial charge is 0.243 e. The van der Waals surface area contributed by atoms with E-state index in [0.29, 0.717) is 24.0 Å². The number of nitrogens with zero attached hydrogens (tertiary/aromatic N) is 7. The zero-order valence-corrected chi connectivity index (χ0v) is 18.9. The molecule has 1 aliphatic heterocycles. The molecule has 164 valence electrons. The van der Waals surface area contributed by atoms with Crippen LogP contribution in [0.5, 0.6) is 5.88 Å². The number of para-hydroxylation sites is 1. The highest BCUT2D eigenvalue weighted by atomic mass is 32.2. The Balaban J connectivity index is 1.37. The van der Waals surface area contributed by atoms with Gasteiger partial charge < -0.3 is 19.1 Å². The first-order valence-electron chi connectivity index (χ1n) is 10.3. The fourth-order valence-corrected chi connectivity index (χ4v) is 4.63. The van der Waals surface area contributed by atoms with Crippen molar-refractivity contribution in [2.24, 2.45) is 7.05 Å². The van der Waals surface area contributed by atoms with Crippen molar-refractivity contribution in [3.8, 4) is 17.3 Å². The third kappa shape index (κ3) is 4.53. The maximum Gasteiger partial charge on any atom is 0.243 e. The first-order chi connectivity index (χ1) is 15.1. The number of amides is 1. The normalized spacial score (nSPS) is 14.2. The fraction of sp³-hybridized carbons (Fsp3) is 0.429. The highest BCUT2D eigenvalue weighted by Gasteiger charge is 2.23. The first-order valence-corrected chi connectivity index (χ1v) is 11.3. The van der Waals surface area contributed by atoms with Crippen LogP contribution in [0.3, 0.4) is 0 Å². The van der Waals surface area contributed by atoms with Crippen LogP contribution in [0, 0.1) is 0 Å². The Bertz CT molecular complexity index is 1030. The number of thioether (sulfide) groups is 1. The van der Waals surface area contributed by atoms with Crippen LogP contribution in [-0.2, 0) is 18.4 Å². The standard InChI is InChI=1S/C21H27N7O2S/c1-4-28-19(17-14-25(2)24-20(17)30-3)22-23-21(28)31-15-18(29)27-12-10-26(11-13-27)16-8-6-5-7-9-16/h5-9,14H,4,10-13,15H2,1-3H3. The van der Waals surface area contributed by atoms with E-state index in [1.807, 2.05) is 47.8 Å². The highest BCUT2D eigenvalue weighted by molar-refractivity contribution is 7.99. The second kappa shape index (κ2) is 9.42. The molecule has 9 nitrogen and oxygen atoms in total. The molecule has 0 spiro atoms. The van der Waals surface area contributed by atoms with Crippen molar-refractivity contribution in [3.63, 3.8) is 0 Å². The fourth-order valence-electron chi connectivity index (χ4n) is 3.72. The molecule has 3 heterocycles. The number of carbonyl (C=O) groups excluding carboxylic acids is 1. The Morgan fingerprint density at radius 2 is 1.87 bits per heavy atom. The molecular formula is C21H27N7O2S. The molecule has 10 heteroatoms. The summed E-state index contributed by atoms with van der Waals surface area (Å²) < 4.78 is 9.04. The molecule has 0 atom stereocenters. The number of methoxy groups -OCH3 is 1. The van der Waals surface area contributed by atoms with Crippen LogP contribution >= 0.6 is 11.8 Å². The number of benzene rings is 1. The van der Waals surface area contributed by atoms with Crippen LogP contribution in [0.25, 0.3) is 11.4 Å². The predicted octanol–water partition coefficient (Wildman–Crippen LogP) is 2.15. The Morgan fingerprint density at radius 1 is 1.13 bits per heavy atom. The van der Waals surface area contributed by atoms with Gasteiger partial charge in [-0.25, -0.2) is 0 Å². The lowest BCUT2D eigenvalue weighted by Crippen LogP contribution is -2.49. The minimum atomic E-state index is 0.129. The molecule has 0 aliphatic carbocycles. The molecule has 1 amide bonds. The molecule has 0 unspecified atom stereocenters. The van der Waals surface area contributed by atoms with E-state index in [2.05, 4.69) is 32.3 Å². The number of hydrogen-bond donors (Lipinski definition) is 0. The number of piperazine rings is 1. The molecular weight excluding hydrogens is 414 g/mol. The van der Waals surface area contributed by atoms with Crippen LogP contribution < -0.4 is 9.64 Å². The maximum absolute atomic E-state index is 12.8. The Hall–Kier alpha value is -3.01. The molecule has 1 fully saturated rings. The zero-order chi connectivity index (χ0) is 21.8. The summed E-state index contributed by atoms with van der Waals surface area (Å²) in [5.41, 5.74) is 1.99. The van der Waals surface area contributed by atoms with Gasteiger partial charge in [-0.3, -0.25) is 9.48 Å². The first kappa shape index (κ1) is 21.2. The molecule has 1 aliphatic rings. The number of carbonyl (C=O) groups is 1. The molecule has 1 saturated heterocycles. The summed E-state index contributed by atoms with van der Waals surface area (Å²) in [7, 11) is 3.43. The number of aryl methyl sites for hydroxylation is 1. The summed E-state index contributed by atoms with van der Waals surface area (Å²) in [5.74, 6) is 1.67. The van der Waals surface area contributed by atoms with Gasteiger partial charge in [0.2, 0.25) is 11.8 Å². The van der Waals surface area contributed by atoms with E-state index >= 15 is 0 Å². The number of anilines is 1. The van der Waals surface area contributed by atoms with Crippen LogP contribution in [-0.4, -0.2) is 74.4 Å². The Morgan fingerprint density at radius 3 is 2.55 bits per heavy atom. The quantitative estimate of drug-likeness (QED) is 0.520. The van der Waals surface area contributed by atoms with Crippen LogP contribution in [0.4, 0.5) is 5.69 Å². The van der Waals surface area contributed by atoms with Gasteiger partial charge >= 0.3 is 0 Å². The molecule has 0 radical (unpaired) electrons. The highest BCUT2D eigenvalue weighted by Crippen LogP contribution is 2.30.